The van der Waals surface area contributed by atoms with Gasteiger partial charge in [0.1, 0.15) is 5.69 Å². The fourth-order valence-corrected chi connectivity index (χ4v) is 2.25. The van der Waals surface area contributed by atoms with Crippen LogP contribution >= 0.6 is 0 Å². The van der Waals surface area contributed by atoms with Crippen molar-refractivity contribution in [2.24, 2.45) is 5.92 Å². The molecule has 1 N–H and O–H groups in total. The quantitative estimate of drug-likeness (QED) is 0.856. The maximum Gasteiger partial charge on any atom is 0.328 e. The van der Waals surface area contributed by atoms with E-state index in [1.807, 2.05) is 0 Å². The van der Waals surface area contributed by atoms with E-state index in [-0.39, 0.29) is 5.91 Å². The highest BCUT2D eigenvalue weighted by Gasteiger charge is 2.23. The second-order valence-electron chi connectivity index (χ2n) is 5.09. The minimum Gasteiger partial charge on any atom is -0.478 e. The summed E-state index contributed by atoms with van der Waals surface area (Å²) < 4.78 is 0. The number of piperidine rings is 1. The van der Waals surface area contributed by atoms with E-state index >= 15 is 0 Å². The van der Waals surface area contributed by atoms with Crippen molar-refractivity contribution in [2.75, 3.05) is 13.1 Å². The van der Waals surface area contributed by atoms with E-state index in [9.17, 15) is 9.59 Å². The molecule has 1 saturated heterocycles. The average molecular weight is 274 g/mol. The highest BCUT2D eigenvalue weighted by Crippen LogP contribution is 2.19. The number of aromatic nitrogens is 1. The van der Waals surface area contributed by atoms with E-state index in [1.54, 1.807) is 23.2 Å². The minimum absolute atomic E-state index is 0.123. The fourth-order valence-electron chi connectivity index (χ4n) is 2.25. The molecule has 1 aliphatic heterocycles. The predicted molar refractivity (Wildman–Crippen MR) is 75.2 cm³/mol. The SMILES string of the molecule is CC1CCN(C(=O)c2ncccc2/C=C/C(=O)O)CC1. The summed E-state index contributed by atoms with van der Waals surface area (Å²) in [5.41, 5.74) is 0.859. The van der Waals surface area contributed by atoms with Crippen LogP contribution in [-0.4, -0.2) is 40.0 Å². The number of aliphatic carboxylic acids is 1. The molecule has 20 heavy (non-hydrogen) atoms. The van der Waals surface area contributed by atoms with Crippen molar-refractivity contribution in [3.05, 3.63) is 35.7 Å². The second-order valence-corrected chi connectivity index (χ2v) is 5.09. The molecule has 5 nitrogen and oxygen atoms in total. The monoisotopic (exact) mass is 274 g/mol. The van der Waals surface area contributed by atoms with Crippen molar-refractivity contribution in [3.63, 3.8) is 0 Å². The number of pyridine rings is 1. The van der Waals surface area contributed by atoms with E-state index in [1.165, 1.54) is 6.08 Å². The van der Waals surface area contributed by atoms with E-state index in [2.05, 4.69) is 11.9 Å². The Morgan fingerprint density at radius 2 is 2.10 bits per heavy atom. The predicted octanol–water partition coefficient (Wildman–Crippen LogP) is 2.05. The number of carboxylic acids is 1. The number of carboxylic acid groups (broad SMARTS) is 1. The summed E-state index contributed by atoms with van der Waals surface area (Å²) in [6, 6.07) is 3.39. The van der Waals surface area contributed by atoms with Gasteiger partial charge in [0.15, 0.2) is 0 Å². The highest BCUT2D eigenvalue weighted by molar-refractivity contribution is 5.97. The molecule has 0 spiro atoms. The molecule has 1 fully saturated rings. The van der Waals surface area contributed by atoms with Gasteiger partial charge in [-0.2, -0.15) is 0 Å². The van der Waals surface area contributed by atoms with E-state index in [4.69, 9.17) is 5.11 Å². The van der Waals surface area contributed by atoms with Crippen molar-refractivity contribution in [1.29, 1.82) is 0 Å². The average Bonchev–Trinajstić information content (AvgIpc) is 2.45. The van der Waals surface area contributed by atoms with Crippen LogP contribution in [0.2, 0.25) is 0 Å². The third-order valence-electron chi connectivity index (χ3n) is 3.52. The zero-order chi connectivity index (χ0) is 14.5. The molecule has 0 aliphatic carbocycles. The molecule has 0 atom stereocenters. The van der Waals surface area contributed by atoms with Gasteiger partial charge in [-0.25, -0.2) is 4.79 Å². The normalized spacial score (nSPS) is 16.6. The Morgan fingerprint density at radius 1 is 1.40 bits per heavy atom. The number of amides is 1. The van der Waals surface area contributed by atoms with Gasteiger partial charge in [-0.15, -0.1) is 0 Å². The van der Waals surface area contributed by atoms with E-state index in [0.29, 0.717) is 17.2 Å². The first-order chi connectivity index (χ1) is 9.58. The molecule has 0 saturated carbocycles. The number of likely N-dealkylation sites (tertiary alicyclic amines) is 1. The molecule has 1 aromatic heterocycles. The van der Waals surface area contributed by atoms with Crippen molar-refractivity contribution < 1.29 is 14.7 Å². The van der Waals surface area contributed by atoms with Crippen LogP contribution in [0.3, 0.4) is 0 Å². The first kappa shape index (κ1) is 14.2. The second kappa shape index (κ2) is 6.32. The van der Waals surface area contributed by atoms with Gasteiger partial charge >= 0.3 is 5.97 Å². The van der Waals surface area contributed by atoms with Crippen molar-refractivity contribution in [2.45, 2.75) is 19.8 Å². The first-order valence-electron chi connectivity index (χ1n) is 6.73. The molecular formula is C15H18N2O3. The topological polar surface area (TPSA) is 70.5 Å². The van der Waals surface area contributed by atoms with Crippen LogP contribution in [0.25, 0.3) is 6.08 Å². The Balaban J connectivity index is 2.19. The Bertz CT molecular complexity index is 532. The molecule has 5 heteroatoms. The van der Waals surface area contributed by atoms with Gasteiger partial charge in [0.05, 0.1) is 0 Å². The third kappa shape index (κ3) is 3.44. The standard InChI is InChI=1S/C15H18N2O3/c1-11-6-9-17(10-7-11)15(20)14-12(3-2-8-16-14)4-5-13(18)19/h2-5,8,11H,6-7,9-10H2,1H3,(H,18,19)/b5-4+. The maximum absolute atomic E-state index is 12.5. The summed E-state index contributed by atoms with van der Waals surface area (Å²) in [5, 5.41) is 8.68. The Morgan fingerprint density at radius 3 is 2.75 bits per heavy atom. The maximum atomic E-state index is 12.5. The van der Waals surface area contributed by atoms with Crippen molar-refractivity contribution in [1.82, 2.24) is 9.88 Å². The van der Waals surface area contributed by atoms with Gasteiger partial charge in [0, 0.05) is 30.9 Å². The minimum atomic E-state index is -1.04. The van der Waals surface area contributed by atoms with Crippen LogP contribution in [0, 0.1) is 5.92 Å². The molecule has 0 aromatic carbocycles. The zero-order valence-electron chi connectivity index (χ0n) is 11.5. The van der Waals surface area contributed by atoms with Crippen LogP contribution in [0.4, 0.5) is 0 Å². The molecule has 2 heterocycles. The number of carbonyl (C=O) groups is 2. The summed E-state index contributed by atoms with van der Waals surface area (Å²) in [4.78, 5) is 29.0. The summed E-state index contributed by atoms with van der Waals surface area (Å²) in [6.07, 6.45) is 5.98. The molecular weight excluding hydrogens is 256 g/mol. The molecule has 0 bridgehead atoms. The van der Waals surface area contributed by atoms with Crippen LogP contribution in [0.15, 0.2) is 24.4 Å². The molecule has 1 aliphatic rings. The van der Waals surface area contributed by atoms with Crippen molar-refractivity contribution >= 4 is 18.0 Å². The van der Waals surface area contributed by atoms with Crippen LogP contribution in [-0.2, 0) is 4.79 Å². The summed E-state index contributed by atoms with van der Waals surface area (Å²) in [5.74, 6) is -0.518. The molecule has 0 unspecified atom stereocenters. The number of rotatable bonds is 3. The Hall–Kier alpha value is -2.17. The highest BCUT2D eigenvalue weighted by atomic mass is 16.4. The van der Waals surface area contributed by atoms with Crippen LogP contribution in [0.1, 0.15) is 35.8 Å². The molecule has 2 rings (SSSR count). The number of hydrogen-bond donors (Lipinski definition) is 1. The lowest BCUT2D eigenvalue weighted by molar-refractivity contribution is -0.131. The van der Waals surface area contributed by atoms with Gasteiger partial charge in [-0.05, 0) is 30.9 Å². The Kier molecular flexibility index (Phi) is 4.50. The van der Waals surface area contributed by atoms with Gasteiger partial charge < -0.3 is 10.0 Å². The van der Waals surface area contributed by atoms with Crippen LogP contribution in [0.5, 0.6) is 0 Å². The number of nitrogens with zero attached hydrogens (tertiary/aromatic N) is 2. The number of hydrogen-bond acceptors (Lipinski definition) is 3. The van der Waals surface area contributed by atoms with Crippen molar-refractivity contribution in [3.8, 4) is 0 Å². The molecule has 1 amide bonds. The van der Waals surface area contributed by atoms with Gasteiger partial charge in [-0.3, -0.25) is 9.78 Å². The van der Waals surface area contributed by atoms with Gasteiger partial charge in [0.25, 0.3) is 5.91 Å². The largest absolute Gasteiger partial charge is 0.478 e. The smallest absolute Gasteiger partial charge is 0.328 e. The van der Waals surface area contributed by atoms with E-state index < -0.39 is 5.97 Å². The third-order valence-corrected chi connectivity index (χ3v) is 3.52. The summed E-state index contributed by atoms with van der Waals surface area (Å²) >= 11 is 0. The van der Waals surface area contributed by atoms with Gasteiger partial charge in [0.2, 0.25) is 0 Å². The van der Waals surface area contributed by atoms with Crippen LogP contribution < -0.4 is 0 Å². The molecule has 0 radical (unpaired) electrons. The summed E-state index contributed by atoms with van der Waals surface area (Å²) in [7, 11) is 0. The summed E-state index contributed by atoms with van der Waals surface area (Å²) in [6.45, 7) is 3.65. The lowest BCUT2D eigenvalue weighted by Crippen LogP contribution is -2.38. The fraction of sp³-hybridized carbons (Fsp3) is 0.400. The lowest BCUT2D eigenvalue weighted by atomic mass is 9.98. The first-order valence-corrected chi connectivity index (χ1v) is 6.73. The number of carbonyl (C=O) groups excluding carboxylic acids is 1. The van der Waals surface area contributed by atoms with Gasteiger partial charge in [-0.1, -0.05) is 13.0 Å². The molecule has 106 valence electrons. The molecule has 1 aromatic rings. The van der Waals surface area contributed by atoms with E-state index in [0.717, 1.165) is 32.0 Å². The Labute approximate surface area is 117 Å². The lowest BCUT2D eigenvalue weighted by Gasteiger charge is -2.30. The zero-order valence-corrected chi connectivity index (χ0v) is 11.5.